The minimum atomic E-state index is -1.38. The third kappa shape index (κ3) is 25.0. The maximum atomic E-state index is 11.3. The van der Waals surface area contributed by atoms with Crippen LogP contribution in [0.4, 0.5) is 11.4 Å². The van der Waals surface area contributed by atoms with Gasteiger partial charge in [-0.1, -0.05) is 0 Å². The van der Waals surface area contributed by atoms with Crippen LogP contribution in [0.5, 0.6) is 5.75 Å². The Labute approximate surface area is 606 Å². The Hall–Kier alpha value is -9.39. The Kier molecular flexibility index (Phi) is 30.8. The van der Waals surface area contributed by atoms with Gasteiger partial charge in [0.05, 0.1) is 0 Å². The first kappa shape index (κ1) is 76.6. The fraction of sp³-hybridized carbons (Fsp3) is 0.0423. The first-order valence-electron chi connectivity index (χ1n) is 27.7. The van der Waals surface area contributed by atoms with Gasteiger partial charge in [0, 0.05) is 0 Å². The Balaban J connectivity index is 0.000000192. The number of non-ortho nitro benzene ring substituents is 2. The van der Waals surface area contributed by atoms with Gasteiger partial charge >= 0.3 is 612 Å². The van der Waals surface area contributed by atoms with Crippen molar-refractivity contribution in [1.29, 1.82) is 0 Å². The molecule has 0 aliphatic heterocycles. The predicted molar refractivity (Wildman–Crippen MR) is 319 cm³/mol. The number of halogens is 5. The minimum absolute atomic E-state index is 0.0277. The first-order chi connectivity index (χ1) is 46.4. The van der Waals surface area contributed by atoms with Crippen molar-refractivity contribution in [3.63, 3.8) is 0 Å². The van der Waals surface area contributed by atoms with Gasteiger partial charge in [-0.2, -0.15) is 0 Å². The van der Waals surface area contributed by atoms with Crippen LogP contribution >= 0.6 is 0 Å². The average Bonchev–Trinajstić information content (AvgIpc) is 0.962. The molecule has 0 saturated carbocycles. The number of ketones is 1. The number of benzene rings is 10. The third-order valence-electron chi connectivity index (χ3n) is 12.2. The number of carbonyl (C=O) groups excluding carboxylic acids is 8. The number of nitrogens with zero attached hydrogens (tertiary/aromatic N) is 2. The van der Waals surface area contributed by atoms with Gasteiger partial charge in [-0.15, -0.1) is 0 Å². The van der Waals surface area contributed by atoms with E-state index >= 15 is 0 Å². The quantitative estimate of drug-likeness (QED) is 0.0171. The van der Waals surface area contributed by atoms with Crippen molar-refractivity contribution >= 4 is 58.9 Å². The first-order valence-corrected chi connectivity index (χ1v) is 38.5. The number of nitro benzene ring substituents is 2. The summed E-state index contributed by atoms with van der Waals surface area (Å²) in [7, 11) is 1.33. The van der Waals surface area contributed by atoms with E-state index in [0.29, 0.717) is 24.0 Å². The number of esters is 2. The Morgan fingerprint density at radius 1 is 0.330 bits per heavy atom. The van der Waals surface area contributed by atoms with Gasteiger partial charge in [0.1, 0.15) is 0 Å². The van der Waals surface area contributed by atoms with E-state index in [2.05, 4.69) is 4.74 Å². The molecule has 0 bridgehead atoms. The molecule has 97 heavy (non-hydrogen) atoms. The number of carboxylic acid groups (broad SMARTS) is 5. The Morgan fingerprint density at radius 2 is 0.639 bits per heavy atom. The van der Waals surface area contributed by atoms with Crippen molar-refractivity contribution in [3.05, 3.63) is 338 Å². The van der Waals surface area contributed by atoms with Crippen molar-refractivity contribution in [1.82, 2.24) is 0 Å². The molecule has 0 unspecified atom stereocenters. The second kappa shape index (κ2) is 39.0. The Bertz CT molecular complexity index is 4470. The number of aromatic carboxylic acids is 5. The van der Waals surface area contributed by atoms with Gasteiger partial charge in [0.15, 0.2) is 0 Å². The fourth-order valence-electron chi connectivity index (χ4n) is 7.64. The molecule has 0 aromatic heterocycles. The summed E-state index contributed by atoms with van der Waals surface area (Å²) in [4.78, 5) is 109. The molecule has 0 aliphatic rings. The summed E-state index contributed by atoms with van der Waals surface area (Å²) >= 11 is -3.35. The molecular weight excluding hydrogens is 1820 g/mol. The number of carboxylic acids is 5. The van der Waals surface area contributed by atoms with Gasteiger partial charge in [0.2, 0.25) is 0 Å². The van der Waals surface area contributed by atoms with Crippen LogP contribution in [-0.4, -0.2) is 64.5 Å². The number of nitro groups is 2. The number of Topliss-reactive ketones (excluding diaryl/α,β-unsaturated/α-hetero) is 1. The summed E-state index contributed by atoms with van der Waals surface area (Å²) in [6.45, 7) is 2.87. The molecule has 0 amide bonds. The van der Waals surface area contributed by atoms with Crippen molar-refractivity contribution in [2.75, 3.05) is 7.11 Å². The van der Waals surface area contributed by atoms with Crippen LogP contribution in [0.2, 0.25) is 0 Å². The van der Waals surface area contributed by atoms with Gasteiger partial charge < -0.3 is 0 Å². The maximum absolute atomic E-state index is 11.3. The summed E-state index contributed by atoms with van der Waals surface area (Å²) in [6.07, 6.45) is 0. The topological polar surface area (TPSA) is 357 Å². The molecule has 0 saturated heterocycles. The number of rotatable bonds is 20. The van der Waals surface area contributed by atoms with Crippen LogP contribution in [0.25, 0.3) is 0 Å². The molecule has 10 aromatic rings. The standard InChI is InChI=1S/2C15H12IO4.C15H12IO3.2C13H9INO4/c1-20-15(19)10-6-8-11(9-7-10)16-13-5-3-2-4-12(13)14(17)18;1-10(17)20-12-8-6-11(7-9-12)16-14-5-3-2-4-13(14)15(18)19;1-10(17)11-6-8-12(9-7-11)16-14-5-3-2-4-13(14)15(18)19;16-13(17)11-8-10(15(18)19)6-7-12(11)14-9-4-2-1-3-5-9;16-13(17)11-7-6-10(15(18)19)8-12(11)14-9-4-2-1-3-5-9/h2-9H,1H3,(H,17,18);2-9H,1H3,(H,18,19);2-9H,1H3,(H,18,19);2*1-8H,(H,16,17)/q5*-1/p-5. The van der Waals surface area contributed by atoms with Crippen molar-refractivity contribution in [3.8, 4) is 5.75 Å². The molecule has 0 atom stereocenters. The van der Waals surface area contributed by atoms with E-state index in [1.165, 1.54) is 51.3 Å². The van der Waals surface area contributed by atoms with Crippen LogP contribution in [0.1, 0.15) is 86.4 Å². The molecule has 0 N–H and O–H groups in total. The van der Waals surface area contributed by atoms with Crippen LogP contribution in [0.15, 0.2) is 243 Å². The number of hydrogen-bond donors (Lipinski definition) is 0. The van der Waals surface area contributed by atoms with Gasteiger partial charge in [-0.3, -0.25) is 0 Å². The molecule has 26 heteroatoms. The van der Waals surface area contributed by atoms with Crippen molar-refractivity contribution in [2.45, 2.75) is 13.8 Å². The summed E-state index contributed by atoms with van der Waals surface area (Å²) < 4.78 is 18.2. The molecule has 0 spiro atoms. The van der Waals surface area contributed by atoms with E-state index < -0.39 is 146 Å². The SMILES string of the molecule is CC(=O)Oc1ccc([I-]c2ccccc2C(=O)[O-])cc1.CC(=O)c1ccc([I-]c2ccccc2C(=O)[O-])cc1.COC(=O)c1ccc([I-]c2ccccc2C(=O)[O-])cc1.O=C([O-])c1cc([N+](=O)[O-])ccc1[I-]c1ccccc1.O=C([O-])c1ccc([N+](=O)[O-])cc1[I-]c1ccccc1. The zero-order chi connectivity index (χ0) is 70.6. The average molecular weight is 1870 g/mol. The van der Waals surface area contributed by atoms with E-state index in [1.807, 2.05) is 121 Å². The number of carbonyl (C=O) groups is 8. The van der Waals surface area contributed by atoms with Crippen LogP contribution < -0.4 is 136 Å². The van der Waals surface area contributed by atoms with E-state index in [1.54, 1.807) is 84.9 Å². The second-order valence-corrected chi connectivity index (χ2v) is 33.6. The van der Waals surface area contributed by atoms with Crippen LogP contribution in [0, 0.1) is 55.9 Å². The fourth-order valence-corrected chi connectivity index (χ4v) is 20.1. The molecule has 0 heterocycles. The van der Waals surface area contributed by atoms with Crippen LogP contribution in [-0.2, 0) is 9.53 Å². The van der Waals surface area contributed by atoms with Gasteiger partial charge in [-0.25, -0.2) is 0 Å². The van der Waals surface area contributed by atoms with E-state index in [0.717, 1.165) is 34.6 Å². The zero-order valence-corrected chi connectivity index (χ0v) is 61.4. The van der Waals surface area contributed by atoms with Crippen molar-refractivity contribution < 1.29 is 189 Å². The molecule has 10 aromatic carbocycles. The van der Waals surface area contributed by atoms with Gasteiger partial charge in [0.25, 0.3) is 0 Å². The zero-order valence-electron chi connectivity index (χ0n) is 50.6. The van der Waals surface area contributed by atoms with Crippen molar-refractivity contribution in [2.24, 2.45) is 0 Å². The van der Waals surface area contributed by atoms with Gasteiger partial charge in [-0.05, 0) is 0 Å². The summed E-state index contributed by atoms with van der Waals surface area (Å²) in [5.41, 5.74) is 1.48. The summed E-state index contributed by atoms with van der Waals surface area (Å²) in [6, 6.07) is 68.4. The second-order valence-electron chi connectivity index (χ2n) is 18.9. The third-order valence-corrected chi connectivity index (χ3v) is 26.4. The van der Waals surface area contributed by atoms with E-state index in [-0.39, 0.29) is 56.9 Å². The monoisotopic (exact) mass is 1870 g/mol. The molecule has 21 nitrogen and oxygen atoms in total. The Morgan fingerprint density at radius 3 is 1.00 bits per heavy atom. The van der Waals surface area contributed by atoms with Crippen LogP contribution in [0.3, 0.4) is 0 Å². The molecule has 0 fully saturated rings. The summed E-state index contributed by atoms with van der Waals surface area (Å²) in [5.74, 6) is -6.38. The molecule has 0 radical (unpaired) electrons. The number of methoxy groups -OCH3 is 1. The molecule has 502 valence electrons. The van der Waals surface area contributed by atoms with E-state index in [4.69, 9.17) is 4.74 Å². The molecular formula is C71H49I5N2O19-10. The number of hydrogen-bond acceptors (Lipinski definition) is 19. The normalized spacial score (nSPS) is 10.3. The number of ether oxygens (including phenoxy) is 2. The molecule has 0 aliphatic carbocycles. The van der Waals surface area contributed by atoms with E-state index in [9.17, 15) is 84.1 Å². The molecule has 10 rings (SSSR count). The predicted octanol–water partition coefficient (Wildman–Crippen LogP) is -9.38. The summed E-state index contributed by atoms with van der Waals surface area (Å²) in [5, 5.41) is 76.6.